The number of halogens is 1. The summed E-state index contributed by atoms with van der Waals surface area (Å²) >= 11 is 0. The molecule has 0 heterocycles. The van der Waals surface area contributed by atoms with Crippen LogP contribution in [0.25, 0.3) is 0 Å². The lowest BCUT2D eigenvalue weighted by Gasteiger charge is -2.17. The molecule has 0 bridgehead atoms. The van der Waals surface area contributed by atoms with Gasteiger partial charge in [0.2, 0.25) is 0 Å². The van der Waals surface area contributed by atoms with Crippen molar-refractivity contribution in [2.75, 3.05) is 5.73 Å². The molecule has 1 nitrogen and oxygen atoms in total. The van der Waals surface area contributed by atoms with Gasteiger partial charge in [-0.05, 0) is 66.7 Å². The number of nitrogens with two attached hydrogens (primary N) is 1. The van der Waals surface area contributed by atoms with Crippen molar-refractivity contribution in [1.82, 2.24) is 0 Å². The summed E-state index contributed by atoms with van der Waals surface area (Å²) in [5.74, 6) is 1.14. The van der Waals surface area contributed by atoms with Crippen LogP contribution in [-0.4, -0.2) is 0 Å². The van der Waals surface area contributed by atoms with E-state index in [1.54, 1.807) is 6.07 Å². The molecule has 1 aromatic carbocycles. The van der Waals surface area contributed by atoms with Gasteiger partial charge in [-0.25, -0.2) is 4.39 Å². The van der Waals surface area contributed by atoms with E-state index in [9.17, 15) is 4.39 Å². The van der Waals surface area contributed by atoms with E-state index in [0.29, 0.717) is 5.92 Å². The minimum absolute atomic E-state index is 0.0239. The monoisotopic (exact) mass is 219 g/mol. The molecule has 0 spiro atoms. The van der Waals surface area contributed by atoms with Gasteiger partial charge in [-0.1, -0.05) is 6.92 Å². The van der Waals surface area contributed by atoms with E-state index in [0.717, 1.165) is 47.6 Å². The van der Waals surface area contributed by atoms with E-state index in [-0.39, 0.29) is 5.82 Å². The number of rotatable bonds is 2. The van der Waals surface area contributed by atoms with Gasteiger partial charge in [0.25, 0.3) is 0 Å². The fraction of sp³-hybridized carbons (Fsp3) is 0.571. The van der Waals surface area contributed by atoms with Crippen LogP contribution in [0, 0.1) is 11.7 Å². The van der Waals surface area contributed by atoms with Gasteiger partial charge in [0.05, 0.1) is 0 Å². The summed E-state index contributed by atoms with van der Waals surface area (Å²) in [6.07, 6.45) is 5.43. The van der Waals surface area contributed by atoms with Crippen molar-refractivity contribution in [3.63, 3.8) is 0 Å². The number of hydrogen-bond acceptors (Lipinski definition) is 1. The van der Waals surface area contributed by atoms with Crippen LogP contribution in [0.5, 0.6) is 0 Å². The van der Waals surface area contributed by atoms with Crippen molar-refractivity contribution >= 4 is 5.69 Å². The molecule has 86 valence electrons. The molecule has 0 aromatic heterocycles. The smallest absolute Gasteiger partial charge is 0.127 e. The van der Waals surface area contributed by atoms with Gasteiger partial charge in [0.1, 0.15) is 5.82 Å². The molecule has 0 radical (unpaired) electrons. The third-order valence-corrected chi connectivity index (χ3v) is 4.24. The van der Waals surface area contributed by atoms with E-state index < -0.39 is 0 Å². The SMILES string of the molecule is C[C@H](c1cc(F)c2c(c1N)CCC2)C1CC1. The van der Waals surface area contributed by atoms with Crippen LogP contribution in [0.1, 0.15) is 48.8 Å². The Hall–Kier alpha value is -1.05. The number of nitrogen functional groups attached to an aromatic ring is 1. The molecule has 1 aromatic rings. The van der Waals surface area contributed by atoms with Gasteiger partial charge in [-0.15, -0.1) is 0 Å². The molecule has 0 amide bonds. The lowest BCUT2D eigenvalue weighted by atomic mass is 9.91. The van der Waals surface area contributed by atoms with Crippen LogP contribution < -0.4 is 5.73 Å². The molecule has 1 fully saturated rings. The Morgan fingerprint density at radius 3 is 2.69 bits per heavy atom. The van der Waals surface area contributed by atoms with E-state index in [4.69, 9.17) is 5.73 Å². The second-order valence-corrected chi connectivity index (χ2v) is 5.30. The standard InChI is InChI=1S/C14H18FN/c1-8(9-5-6-9)12-7-13(15)10-3-2-4-11(10)14(12)16/h7-9H,2-6,16H2,1H3/t8-/m0/s1. The lowest BCUT2D eigenvalue weighted by Crippen LogP contribution is -2.06. The maximum atomic E-state index is 13.9. The molecular formula is C14H18FN. The Morgan fingerprint density at radius 1 is 1.31 bits per heavy atom. The van der Waals surface area contributed by atoms with Crippen molar-refractivity contribution in [2.24, 2.45) is 5.92 Å². The molecule has 2 heteroatoms. The number of anilines is 1. The van der Waals surface area contributed by atoms with Gasteiger partial charge >= 0.3 is 0 Å². The zero-order valence-corrected chi connectivity index (χ0v) is 9.72. The summed E-state index contributed by atoms with van der Waals surface area (Å²) < 4.78 is 13.9. The van der Waals surface area contributed by atoms with Crippen LogP contribution in [-0.2, 0) is 12.8 Å². The fourth-order valence-corrected chi connectivity index (χ4v) is 3.01. The van der Waals surface area contributed by atoms with E-state index >= 15 is 0 Å². The largest absolute Gasteiger partial charge is 0.398 e. The van der Waals surface area contributed by atoms with Crippen molar-refractivity contribution < 1.29 is 4.39 Å². The van der Waals surface area contributed by atoms with E-state index in [1.165, 1.54) is 12.8 Å². The van der Waals surface area contributed by atoms with Gasteiger partial charge < -0.3 is 5.73 Å². The lowest BCUT2D eigenvalue weighted by molar-refractivity contribution is 0.600. The average molecular weight is 219 g/mol. The summed E-state index contributed by atoms with van der Waals surface area (Å²) in [6.45, 7) is 2.18. The molecule has 0 aliphatic heterocycles. The first-order valence-electron chi connectivity index (χ1n) is 6.28. The van der Waals surface area contributed by atoms with E-state index in [2.05, 4.69) is 6.92 Å². The van der Waals surface area contributed by atoms with E-state index in [1.807, 2.05) is 0 Å². The average Bonchev–Trinajstić information content (AvgIpc) is 2.99. The predicted molar refractivity (Wildman–Crippen MR) is 64.0 cm³/mol. The van der Waals surface area contributed by atoms with Crippen LogP contribution >= 0.6 is 0 Å². The van der Waals surface area contributed by atoms with Crippen molar-refractivity contribution in [3.05, 3.63) is 28.6 Å². The van der Waals surface area contributed by atoms with Crippen molar-refractivity contribution in [2.45, 2.75) is 44.9 Å². The summed E-state index contributed by atoms with van der Waals surface area (Å²) in [4.78, 5) is 0. The quantitative estimate of drug-likeness (QED) is 0.758. The second kappa shape index (κ2) is 3.47. The molecular weight excluding hydrogens is 201 g/mol. The molecule has 16 heavy (non-hydrogen) atoms. The molecule has 1 saturated carbocycles. The minimum atomic E-state index is -0.0239. The highest BCUT2D eigenvalue weighted by Crippen LogP contribution is 2.45. The first-order chi connectivity index (χ1) is 7.68. The Balaban J connectivity index is 2.08. The Bertz CT molecular complexity index is 435. The van der Waals surface area contributed by atoms with Crippen LogP contribution in [0.15, 0.2) is 6.07 Å². The Labute approximate surface area is 95.8 Å². The van der Waals surface area contributed by atoms with Gasteiger partial charge in [0.15, 0.2) is 0 Å². The molecule has 2 N–H and O–H groups in total. The first-order valence-corrected chi connectivity index (χ1v) is 6.28. The number of benzene rings is 1. The highest BCUT2D eigenvalue weighted by atomic mass is 19.1. The molecule has 3 rings (SSSR count). The Morgan fingerprint density at radius 2 is 2.00 bits per heavy atom. The zero-order valence-electron chi connectivity index (χ0n) is 9.72. The summed E-state index contributed by atoms with van der Waals surface area (Å²) in [5, 5.41) is 0. The maximum Gasteiger partial charge on any atom is 0.127 e. The highest BCUT2D eigenvalue weighted by molar-refractivity contribution is 5.60. The normalized spacial score (nSPS) is 20.9. The second-order valence-electron chi connectivity index (χ2n) is 5.30. The topological polar surface area (TPSA) is 26.0 Å². The number of hydrogen-bond donors (Lipinski definition) is 1. The number of fused-ring (bicyclic) bond motifs is 1. The summed E-state index contributed by atoms with van der Waals surface area (Å²) in [5.41, 5.74) is 10.1. The fourth-order valence-electron chi connectivity index (χ4n) is 3.01. The molecule has 0 saturated heterocycles. The van der Waals surface area contributed by atoms with Crippen LogP contribution in [0.4, 0.5) is 10.1 Å². The van der Waals surface area contributed by atoms with Crippen molar-refractivity contribution in [1.29, 1.82) is 0 Å². The summed E-state index contributed by atoms with van der Waals surface area (Å²) in [7, 11) is 0. The third kappa shape index (κ3) is 1.43. The molecule has 0 unspecified atom stereocenters. The minimum Gasteiger partial charge on any atom is -0.398 e. The van der Waals surface area contributed by atoms with Gasteiger partial charge in [0, 0.05) is 5.69 Å². The molecule has 2 aliphatic carbocycles. The van der Waals surface area contributed by atoms with Crippen LogP contribution in [0.2, 0.25) is 0 Å². The Kier molecular flexibility index (Phi) is 2.20. The zero-order chi connectivity index (χ0) is 11.3. The predicted octanol–water partition coefficient (Wildman–Crippen LogP) is 3.41. The first kappa shape index (κ1) is 10.1. The summed E-state index contributed by atoms with van der Waals surface area (Å²) in [6, 6.07) is 1.70. The van der Waals surface area contributed by atoms with Crippen molar-refractivity contribution in [3.8, 4) is 0 Å². The van der Waals surface area contributed by atoms with Crippen LogP contribution in [0.3, 0.4) is 0 Å². The van der Waals surface area contributed by atoms with Gasteiger partial charge in [-0.2, -0.15) is 0 Å². The third-order valence-electron chi connectivity index (χ3n) is 4.24. The molecule has 2 aliphatic rings. The molecule has 1 atom stereocenters. The highest BCUT2D eigenvalue weighted by Gasteiger charge is 2.32. The van der Waals surface area contributed by atoms with Gasteiger partial charge in [-0.3, -0.25) is 0 Å². The maximum absolute atomic E-state index is 13.9.